The zero-order valence-corrected chi connectivity index (χ0v) is 16.7. The summed E-state index contributed by atoms with van der Waals surface area (Å²) < 4.78 is 28.1. The lowest BCUT2D eigenvalue weighted by atomic mass is 10.0. The molecule has 3 N–H and O–H groups in total. The van der Waals surface area contributed by atoms with Crippen molar-refractivity contribution < 1.29 is 8.78 Å². The van der Waals surface area contributed by atoms with E-state index in [1.165, 1.54) is 12.4 Å². The van der Waals surface area contributed by atoms with E-state index in [-0.39, 0.29) is 6.04 Å². The number of benzene rings is 1. The zero-order valence-electron chi connectivity index (χ0n) is 15.9. The van der Waals surface area contributed by atoms with Crippen molar-refractivity contribution in [3.05, 3.63) is 60.3 Å². The minimum atomic E-state index is -2.81. The smallest absolute Gasteiger partial charge is 0.279 e. The molecule has 29 heavy (non-hydrogen) atoms. The van der Waals surface area contributed by atoms with Crippen LogP contribution >= 0.6 is 11.9 Å². The first kappa shape index (κ1) is 20.8. The molecule has 2 aromatic heterocycles. The topological polar surface area (TPSA) is 90.3 Å². The van der Waals surface area contributed by atoms with E-state index >= 15 is 0 Å². The SMILES string of the molecule is CSNC(C)c1cccc(-c2cc(-c3cnc(/C=C\C(=N)C(F)F)[nH]3)ncn2)c1. The molecule has 3 rings (SSSR count). The van der Waals surface area contributed by atoms with Gasteiger partial charge in [-0.3, -0.25) is 10.1 Å². The van der Waals surface area contributed by atoms with Crippen LogP contribution in [0.4, 0.5) is 8.78 Å². The van der Waals surface area contributed by atoms with E-state index in [9.17, 15) is 8.78 Å². The van der Waals surface area contributed by atoms with Gasteiger partial charge in [-0.1, -0.05) is 30.1 Å². The van der Waals surface area contributed by atoms with E-state index < -0.39 is 12.1 Å². The van der Waals surface area contributed by atoms with Crippen molar-refractivity contribution in [3.8, 4) is 22.6 Å². The molecule has 0 aliphatic carbocycles. The summed E-state index contributed by atoms with van der Waals surface area (Å²) >= 11 is 1.57. The fourth-order valence-corrected chi connectivity index (χ4v) is 3.16. The summed E-state index contributed by atoms with van der Waals surface area (Å²) in [5, 5.41) is 7.16. The second-order valence-corrected chi connectivity index (χ2v) is 6.87. The van der Waals surface area contributed by atoms with Crippen molar-refractivity contribution in [3.63, 3.8) is 0 Å². The number of imidazole rings is 1. The van der Waals surface area contributed by atoms with Gasteiger partial charge in [-0.25, -0.2) is 23.7 Å². The largest absolute Gasteiger partial charge is 0.337 e. The number of aromatic amines is 1. The van der Waals surface area contributed by atoms with Gasteiger partial charge in [0, 0.05) is 11.6 Å². The average Bonchev–Trinajstić information content (AvgIpc) is 3.21. The Hall–Kier alpha value is -2.91. The molecule has 2 heterocycles. The summed E-state index contributed by atoms with van der Waals surface area (Å²) in [4.78, 5) is 15.8. The molecule has 0 amide bonds. The first-order chi connectivity index (χ1) is 14.0. The summed E-state index contributed by atoms with van der Waals surface area (Å²) in [5.74, 6) is 0.365. The van der Waals surface area contributed by atoms with Crippen LogP contribution in [-0.2, 0) is 0 Å². The van der Waals surface area contributed by atoms with Crippen LogP contribution < -0.4 is 4.72 Å². The molecule has 0 fully saturated rings. The van der Waals surface area contributed by atoms with E-state index in [1.54, 1.807) is 18.1 Å². The number of rotatable bonds is 8. The van der Waals surface area contributed by atoms with Crippen molar-refractivity contribution in [2.45, 2.75) is 19.4 Å². The fourth-order valence-electron chi connectivity index (χ4n) is 2.67. The molecule has 1 atom stereocenters. The molecule has 6 nitrogen and oxygen atoms in total. The highest BCUT2D eigenvalue weighted by Crippen LogP contribution is 2.25. The van der Waals surface area contributed by atoms with Gasteiger partial charge in [0.05, 0.1) is 29.0 Å². The van der Waals surface area contributed by atoms with Gasteiger partial charge in [-0.05, 0) is 43.0 Å². The Morgan fingerprint density at radius 3 is 2.76 bits per heavy atom. The van der Waals surface area contributed by atoms with E-state index in [4.69, 9.17) is 5.41 Å². The van der Waals surface area contributed by atoms with Gasteiger partial charge < -0.3 is 4.98 Å². The van der Waals surface area contributed by atoms with Gasteiger partial charge in [0.1, 0.15) is 12.2 Å². The average molecular weight is 414 g/mol. The summed E-state index contributed by atoms with van der Waals surface area (Å²) in [6.07, 6.45) is 4.58. The minimum absolute atomic E-state index is 0.195. The quantitative estimate of drug-likeness (QED) is 0.365. The predicted molar refractivity (Wildman–Crippen MR) is 113 cm³/mol. The molecular formula is C20H20F2N6S. The summed E-state index contributed by atoms with van der Waals surface area (Å²) in [5.41, 5.74) is 3.37. The monoisotopic (exact) mass is 414 g/mol. The number of hydrogen-bond donors (Lipinski definition) is 3. The number of hydrogen-bond acceptors (Lipinski definition) is 6. The second kappa shape index (κ2) is 9.53. The first-order valence-electron chi connectivity index (χ1n) is 8.79. The lowest BCUT2D eigenvalue weighted by molar-refractivity contribution is 0.226. The third kappa shape index (κ3) is 5.33. The minimum Gasteiger partial charge on any atom is -0.337 e. The number of alkyl halides is 2. The lowest BCUT2D eigenvalue weighted by Crippen LogP contribution is -2.09. The Labute approximate surface area is 171 Å². The van der Waals surface area contributed by atoms with Gasteiger partial charge in [-0.2, -0.15) is 0 Å². The maximum Gasteiger partial charge on any atom is 0.279 e. The molecule has 150 valence electrons. The first-order valence-corrected chi connectivity index (χ1v) is 10.0. The van der Waals surface area contributed by atoms with E-state index in [0.717, 1.165) is 22.9 Å². The predicted octanol–water partition coefficient (Wildman–Crippen LogP) is 4.76. The van der Waals surface area contributed by atoms with Crippen LogP contribution in [-0.4, -0.2) is 38.3 Å². The van der Waals surface area contributed by atoms with Crippen LogP contribution in [0.5, 0.6) is 0 Å². The highest BCUT2D eigenvalue weighted by Gasteiger charge is 2.10. The molecule has 1 aromatic carbocycles. The number of nitrogens with one attached hydrogen (secondary N) is 3. The Morgan fingerprint density at radius 2 is 2.00 bits per heavy atom. The van der Waals surface area contributed by atoms with Crippen LogP contribution in [0.1, 0.15) is 24.4 Å². The van der Waals surface area contributed by atoms with Crippen molar-refractivity contribution in [2.75, 3.05) is 6.26 Å². The van der Waals surface area contributed by atoms with Gasteiger partial charge in [-0.15, -0.1) is 0 Å². The van der Waals surface area contributed by atoms with Crippen molar-refractivity contribution >= 4 is 23.7 Å². The van der Waals surface area contributed by atoms with Crippen molar-refractivity contribution in [1.82, 2.24) is 24.7 Å². The molecule has 3 aromatic rings. The van der Waals surface area contributed by atoms with Gasteiger partial charge in [0.25, 0.3) is 6.43 Å². The summed E-state index contributed by atoms with van der Waals surface area (Å²) in [6, 6.07) is 10.1. The van der Waals surface area contributed by atoms with Gasteiger partial charge in [0.15, 0.2) is 0 Å². The van der Waals surface area contributed by atoms with Gasteiger partial charge in [0.2, 0.25) is 0 Å². The van der Waals surface area contributed by atoms with Gasteiger partial charge >= 0.3 is 0 Å². The Morgan fingerprint density at radius 1 is 1.21 bits per heavy atom. The molecule has 0 aliphatic rings. The number of halogens is 2. The maximum atomic E-state index is 12.4. The number of nitrogens with zero attached hydrogens (tertiary/aromatic N) is 3. The van der Waals surface area contributed by atoms with Crippen LogP contribution in [0.25, 0.3) is 28.7 Å². The van der Waals surface area contributed by atoms with Crippen LogP contribution in [0.3, 0.4) is 0 Å². The van der Waals surface area contributed by atoms with Crippen molar-refractivity contribution in [2.24, 2.45) is 0 Å². The maximum absolute atomic E-state index is 12.4. The Bertz CT molecular complexity index is 1020. The van der Waals surface area contributed by atoms with E-state index in [1.807, 2.05) is 24.5 Å². The van der Waals surface area contributed by atoms with Crippen LogP contribution in [0, 0.1) is 5.41 Å². The molecule has 0 saturated carbocycles. The molecular weight excluding hydrogens is 394 g/mol. The molecule has 0 aliphatic heterocycles. The molecule has 0 bridgehead atoms. The second-order valence-electron chi connectivity index (χ2n) is 6.23. The normalized spacial score (nSPS) is 12.6. The Kier molecular flexibility index (Phi) is 6.84. The fraction of sp³-hybridized carbons (Fsp3) is 0.200. The number of aromatic nitrogens is 4. The standard InChI is InChI=1S/C20H20F2N6S/c1-12(28-29-2)13-4-3-5-14(8-13)16-9-17(26-11-25-16)18-10-24-19(27-18)7-6-15(23)20(21)22/h3-12,20,23,28H,1-2H3,(H,24,27)/b7-6-,23-15?. The third-order valence-corrected chi connectivity index (χ3v) is 4.76. The highest BCUT2D eigenvalue weighted by atomic mass is 32.2. The molecule has 0 saturated heterocycles. The third-order valence-electron chi connectivity index (χ3n) is 4.17. The van der Waals surface area contributed by atoms with Crippen molar-refractivity contribution in [1.29, 1.82) is 5.41 Å². The highest BCUT2D eigenvalue weighted by molar-refractivity contribution is 7.96. The van der Waals surface area contributed by atoms with E-state index in [2.05, 4.69) is 43.7 Å². The lowest BCUT2D eigenvalue weighted by Gasteiger charge is -2.13. The molecule has 0 radical (unpaired) electrons. The summed E-state index contributed by atoms with van der Waals surface area (Å²) in [6.45, 7) is 2.09. The molecule has 1 unspecified atom stereocenters. The zero-order chi connectivity index (χ0) is 20.8. The summed E-state index contributed by atoms with van der Waals surface area (Å²) in [7, 11) is 0. The van der Waals surface area contributed by atoms with E-state index in [0.29, 0.717) is 17.2 Å². The van der Waals surface area contributed by atoms with Crippen LogP contribution in [0.15, 0.2) is 48.9 Å². The Balaban J connectivity index is 1.84. The number of allylic oxidation sites excluding steroid dienone is 1. The molecule has 9 heteroatoms. The molecule has 0 spiro atoms. The number of H-pyrrole nitrogens is 1. The van der Waals surface area contributed by atoms with Crippen LogP contribution in [0.2, 0.25) is 0 Å².